The zero-order valence-corrected chi connectivity index (χ0v) is 11.5. The molecule has 5 heteroatoms. The Morgan fingerprint density at radius 2 is 2.50 bits per heavy atom. The normalized spacial score (nSPS) is 33.9. The first kappa shape index (κ1) is 12.5. The second-order valence-corrected chi connectivity index (χ2v) is 6.18. The molecule has 1 aromatic heterocycles. The summed E-state index contributed by atoms with van der Waals surface area (Å²) in [6.07, 6.45) is 5.24. The van der Waals surface area contributed by atoms with E-state index in [-0.39, 0.29) is 5.60 Å². The van der Waals surface area contributed by atoms with Gasteiger partial charge in [0.05, 0.1) is 17.7 Å². The van der Waals surface area contributed by atoms with Gasteiger partial charge in [-0.1, -0.05) is 0 Å². The van der Waals surface area contributed by atoms with Gasteiger partial charge in [0.25, 0.3) is 0 Å². The Morgan fingerprint density at radius 1 is 1.56 bits per heavy atom. The van der Waals surface area contributed by atoms with Crippen molar-refractivity contribution in [2.75, 3.05) is 26.9 Å². The Bertz CT molecular complexity index is 376. The fraction of sp³-hybridized carbons (Fsp3) is 0.769. The number of ether oxygens (including phenoxy) is 2. The van der Waals surface area contributed by atoms with Crippen LogP contribution in [0.4, 0.5) is 0 Å². The number of hydrogen-bond donors (Lipinski definition) is 1. The molecule has 0 aliphatic carbocycles. The van der Waals surface area contributed by atoms with Gasteiger partial charge in [0.1, 0.15) is 0 Å². The number of rotatable bonds is 3. The molecule has 0 aromatic carbocycles. The van der Waals surface area contributed by atoms with E-state index in [9.17, 15) is 0 Å². The van der Waals surface area contributed by atoms with Crippen LogP contribution in [0.5, 0.6) is 0 Å². The average molecular weight is 268 g/mol. The lowest BCUT2D eigenvalue weighted by Gasteiger charge is -2.40. The third kappa shape index (κ3) is 2.32. The summed E-state index contributed by atoms with van der Waals surface area (Å²) in [7, 11) is 2.04. The van der Waals surface area contributed by atoms with Crippen molar-refractivity contribution in [2.24, 2.45) is 5.92 Å². The predicted molar refractivity (Wildman–Crippen MR) is 70.8 cm³/mol. The highest BCUT2D eigenvalue weighted by atomic mass is 32.1. The highest BCUT2D eigenvalue weighted by Gasteiger charge is 2.43. The zero-order valence-electron chi connectivity index (χ0n) is 10.7. The van der Waals surface area contributed by atoms with Gasteiger partial charge < -0.3 is 14.8 Å². The van der Waals surface area contributed by atoms with E-state index in [0.717, 1.165) is 39.1 Å². The lowest BCUT2D eigenvalue weighted by atomic mass is 9.81. The van der Waals surface area contributed by atoms with E-state index in [2.05, 4.69) is 10.3 Å². The van der Waals surface area contributed by atoms with Crippen molar-refractivity contribution in [3.05, 3.63) is 16.6 Å². The lowest BCUT2D eigenvalue weighted by Crippen LogP contribution is -2.43. The third-order valence-corrected chi connectivity index (χ3v) is 5.00. The molecule has 0 amide bonds. The molecule has 0 radical (unpaired) electrons. The molecule has 2 fully saturated rings. The van der Waals surface area contributed by atoms with Crippen molar-refractivity contribution < 1.29 is 9.47 Å². The number of thiazole rings is 1. The molecule has 1 spiro atoms. The fourth-order valence-electron chi connectivity index (χ4n) is 3.20. The number of hydrogen-bond acceptors (Lipinski definition) is 5. The first-order valence-electron chi connectivity index (χ1n) is 6.60. The molecule has 0 bridgehead atoms. The largest absolute Gasteiger partial charge is 0.378 e. The molecule has 18 heavy (non-hydrogen) atoms. The summed E-state index contributed by atoms with van der Waals surface area (Å²) < 4.78 is 11.5. The van der Waals surface area contributed by atoms with Crippen LogP contribution in [0.25, 0.3) is 0 Å². The van der Waals surface area contributed by atoms with Crippen LogP contribution in [0.1, 0.15) is 30.2 Å². The van der Waals surface area contributed by atoms with Crippen LogP contribution in [0.15, 0.2) is 11.7 Å². The smallest absolute Gasteiger partial charge is 0.0940 e. The van der Waals surface area contributed by atoms with Crippen LogP contribution in [0, 0.1) is 5.92 Å². The van der Waals surface area contributed by atoms with Crippen LogP contribution in [-0.4, -0.2) is 37.5 Å². The van der Waals surface area contributed by atoms with Crippen LogP contribution in [-0.2, 0) is 9.47 Å². The van der Waals surface area contributed by atoms with Crippen LogP contribution >= 0.6 is 11.3 Å². The molecule has 2 saturated heterocycles. The minimum Gasteiger partial charge on any atom is -0.378 e. The van der Waals surface area contributed by atoms with Crippen molar-refractivity contribution in [3.8, 4) is 0 Å². The lowest BCUT2D eigenvalue weighted by molar-refractivity contribution is -0.103. The number of nitrogens with one attached hydrogen (secondary N) is 1. The van der Waals surface area contributed by atoms with E-state index < -0.39 is 0 Å². The summed E-state index contributed by atoms with van der Waals surface area (Å²) in [5.41, 5.74) is 1.90. The van der Waals surface area contributed by atoms with E-state index in [1.165, 1.54) is 4.88 Å². The molecule has 4 nitrogen and oxygen atoms in total. The Balaban J connectivity index is 1.74. The molecule has 100 valence electrons. The Hall–Kier alpha value is -0.490. The third-order valence-electron chi connectivity index (χ3n) is 4.14. The maximum atomic E-state index is 6.00. The number of aromatic nitrogens is 1. The topological polar surface area (TPSA) is 43.4 Å². The molecular weight excluding hydrogens is 248 g/mol. The molecule has 3 atom stereocenters. The minimum atomic E-state index is -0.0112. The Kier molecular flexibility index (Phi) is 3.66. The molecule has 3 heterocycles. The Morgan fingerprint density at radius 3 is 3.17 bits per heavy atom. The zero-order chi connectivity index (χ0) is 12.4. The van der Waals surface area contributed by atoms with Crippen molar-refractivity contribution >= 4 is 11.3 Å². The van der Waals surface area contributed by atoms with Gasteiger partial charge in [-0.15, -0.1) is 11.3 Å². The summed E-state index contributed by atoms with van der Waals surface area (Å²) in [6, 6.07) is 0.402. The molecule has 1 N–H and O–H groups in total. The summed E-state index contributed by atoms with van der Waals surface area (Å²) in [5.74, 6) is 0.617. The maximum absolute atomic E-state index is 6.00. The highest BCUT2D eigenvalue weighted by molar-refractivity contribution is 7.09. The number of nitrogens with zero attached hydrogens (tertiary/aromatic N) is 1. The minimum absolute atomic E-state index is 0.0112. The predicted octanol–water partition coefficient (Wildman–Crippen LogP) is 1.99. The quantitative estimate of drug-likeness (QED) is 0.910. The van der Waals surface area contributed by atoms with Crippen LogP contribution in [0.3, 0.4) is 0 Å². The van der Waals surface area contributed by atoms with Gasteiger partial charge in [-0.25, -0.2) is 0 Å². The van der Waals surface area contributed by atoms with Gasteiger partial charge in [0, 0.05) is 36.8 Å². The Labute approximate surface area is 112 Å². The van der Waals surface area contributed by atoms with Crippen molar-refractivity contribution in [1.29, 1.82) is 0 Å². The summed E-state index contributed by atoms with van der Waals surface area (Å²) >= 11 is 1.73. The molecule has 2 aliphatic rings. The van der Waals surface area contributed by atoms with Crippen molar-refractivity contribution in [2.45, 2.75) is 30.9 Å². The molecular formula is C13H20N2O2S. The maximum Gasteiger partial charge on any atom is 0.0940 e. The van der Waals surface area contributed by atoms with E-state index in [0.29, 0.717) is 12.0 Å². The van der Waals surface area contributed by atoms with Gasteiger partial charge in [0.15, 0.2) is 0 Å². The van der Waals surface area contributed by atoms with Crippen LogP contribution < -0.4 is 5.32 Å². The molecule has 1 aromatic rings. The van der Waals surface area contributed by atoms with Gasteiger partial charge in [-0.3, -0.25) is 4.98 Å². The van der Waals surface area contributed by atoms with E-state index in [1.54, 1.807) is 11.3 Å². The van der Waals surface area contributed by atoms with E-state index >= 15 is 0 Å². The van der Waals surface area contributed by atoms with Gasteiger partial charge in [-0.05, 0) is 25.8 Å². The van der Waals surface area contributed by atoms with Crippen molar-refractivity contribution in [3.63, 3.8) is 0 Å². The van der Waals surface area contributed by atoms with Crippen molar-refractivity contribution in [1.82, 2.24) is 10.3 Å². The van der Waals surface area contributed by atoms with E-state index in [1.807, 2.05) is 18.8 Å². The van der Waals surface area contributed by atoms with Gasteiger partial charge in [-0.2, -0.15) is 0 Å². The summed E-state index contributed by atoms with van der Waals surface area (Å²) in [6.45, 7) is 2.46. The van der Waals surface area contributed by atoms with Gasteiger partial charge >= 0.3 is 0 Å². The van der Waals surface area contributed by atoms with E-state index in [4.69, 9.17) is 9.47 Å². The first-order valence-corrected chi connectivity index (χ1v) is 7.48. The molecule has 3 rings (SSSR count). The fourth-order valence-corrected chi connectivity index (χ4v) is 4.03. The first-order chi connectivity index (χ1) is 8.83. The summed E-state index contributed by atoms with van der Waals surface area (Å²) in [5, 5.41) is 3.45. The van der Waals surface area contributed by atoms with Crippen LogP contribution in [0.2, 0.25) is 0 Å². The standard InChI is InChI=1S/C13H20N2O2S/c1-14-12(11-7-15-9-18-11)10-2-4-17-13(6-10)3-5-16-8-13/h7,9-10,12,14H,2-6,8H2,1H3. The summed E-state index contributed by atoms with van der Waals surface area (Å²) in [4.78, 5) is 5.53. The van der Waals surface area contributed by atoms with Gasteiger partial charge in [0.2, 0.25) is 0 Å². The second-order valence-electron chi connectivity index (χ2n) is 5.26. The SMILES string of the molecule is CNC(c1cncs1)C1CCOC2(CCOC2)C1. The molecule has 3 unspecified atom stereocenters. The second kappa shape index (κ2) is 5.25. The average Bonchev–Trinajstić information content (AvgIpc) is 3.03. The molecule has 0 saturated carbocycles. The highest BCUT2D eigenvalue weighted by Crippen LogP contribution is 2.41. The molecule has 2 aliphatic heterocycles. The monoisotopic (exact) mass is 268 g/mol.